The van der Waals surface area contributed by atoms with Crippen LogP contribution >= 0.6 is 0 Å². The van der Waals surface area contributed by atoms with E-state index < -0.39 is 0 Å². The molecule has 0 unspecified atom stereocenters. The molecule has 70 valence electrons. The van der Waals surface area contributed by atoms with Crippen molar-refractivity contribution >= 4 is 11.8 Å². The number of carbonyl (C=O) groups is 2. The molecule has 0 N–H and O–H groups in total. The Morgan fingerprint density at radius 1 is 1.23 bits per heavy atom. The molecule has 0 aromatic heterocycles. The molecule has 0 spiro atoms. The Labute approximate surface area is 77.4 Å². The molecule has 1 aliphatic heterocycles. The molecule has 1 heterocycles. The van der Waals surface area contributed by atoms with E-state index in [2.05, 4.69) is 0 Å². The fraction of sp³-hybridized carbons (Fsp3) is 0.600. The molecule has 2 amide bonds. The van der Waals surface area contributed by atoms with Crippen molar-refractivity contribution in [1.82, 2.24) is 4.90 Å². The summed E-state index contributed by atoms with van der Waals surface area (Å²) in [5.74, 6) is 0.454. The molecular formula is C10H13NO2. The number of nitrogens with zero attached hydrogens (tertiary/aromatic N) is 1. The lowest BCUT2D eigenvalue weighted by Crippen LogP contribution is -2.32. The van der Waals surface area contributed by atoms with Crippen LogP contribution in [0.4, 0.5) is 0 Å². The first-order valence-corrected chi connectivity index (χ1v) is 4.81. The van der Waals surface area contributed by atoms with Crippen molar-refractivity contribution in [3.8, 4) is 0 Å². The van der Waals surface area contributed by atoms with Crippen molar-refractivity contribution in [2.24, 2.45) is 5.92 Å². The van der Waals surface area contributed by atoms with Crippen LogP contribution in [0.25, 0.3) is 0 Å². The van der Waals surface area contributed by atoms with Gasteiger partial charge in [-0.15, -0.1) is 0 Å². The van der Waals surface area contributed by atoms with E-state index in [-0.39, 0.29) is 11.8 Å². The van der Waals surface area contributed by atoms with Gasteiger partial charge < -0.3 is 0 Å². The van der Waals surface area contributed by atoms with Gasteiger partial charge in [-0.1, -0.05) is 19.3 Å². The minimum atomic E-state index is -0.149. The summed E-state index contributed by atoms with van der Waals surface area (Å²) in [5.41, 5.74) is 0. The minimum absolute atomic E-state index is 0.149. The lowest BCUT2D eigenvalue weighted by atomic mass is 9.83. The van der Waals surface area contributed by atoms with Crippen LogP contribution in [0.2, 0.25) is 0 Å². The molecule has 0 bridgehead atoms. The topological polar surface area (TPSA) is 37.4 Å². The monoisotopic (exact) mass is 179 g/mol. The van der Waals surface area contributed by atoms with E-state index in [1.165, 1.54) is 36.3 Å². The van der Waals surface area contributed by atoms with Gasteiger partial charge in [0.05, 0.1) is 0 Å². The fourth-order valence-corrected chi connectivity index (χ4v) is 1.74. The van der Waals surface area contributed by atoms with Gasteiger partial charge in [-0.25, -0.2) is 0 Å². The molecule has 0 aromatic carbocycles. The highest BCUT2D eigenvalue weighted by Gasteiger charge is 2.25. The summed E-state index contributed by atoms with van der Waals surface area (Å²) in [4.78, 5) is 23.6. The first-order chi connectivity index (χ1) is 6.27. The van der Waals surface area contributed by atoms with E-state index in [9.17, 15) is 9.59 Å². The molecule has 2 rings (SSSR count). The van der Waals surface area contributed by atoms with Gasteiger partial charge in [-0.2, -0.15) is 0 Å². The first kappa shape index (κ1) is 8.48. The van der Waals surface area contributed by atoms with Gasteiger partial charge in [0.25, 0.3) is 11.8 Å². The Morgan fingerprint density at radius 3 is 2.31 bits per heavy atom. The maximum absolute atomic E-state index is 11.1. The summed E-state index contributed by atoms with van der Waals surface area (Å²) in [5, 5.41) is 0. The molecule has 3 heteroatoms. The zero-order valence-electron chi connectivity index (χ0n) is 7.53. The van der Waals surface area contributed by atoms with Gasteiger partial charge in [0.1, 0.15) is 0 Å². The van der Waals surface area contributed by atoms with Crippen LogP contribution in [-0.4, -0.2) is 23.3 Å². The predicted molar refractivity (Wildman–Crippen MR) is 47.8 cm³/mol. The number of amides is 2. The van der Waals surface area contributed by atoms with E-state index >= 15 is 0 Å². The van der Waals surface area contributed by atoms with Crippen LogP contribution in [0.15, 0.2) is 12.2 Å². The summed E-state index contributed by atoms with van der Waals surface area (Å²) in [6, 6.07) is 0. The van der Waals surface area contributed by atoms with E-state index in [0.29, 0.717) is 6.54 Å². The van der Waals surface area contributed by atoms with Gasteiger partial charge in [0.2, 0.25) is 0 Å². The van der Waals surface area contributed by atoms with E-state index in [0.717, 1.165) is 12.3 Å². The van der Waals surface area contributed by atoms with Crippen molar-refractivity contribution in [1.29, 1.82) is 0 Å². The number of imide groups is 1. The highest BCUT2D eigenvalue weighted by atomic mass is 16.2. The van der Waals surface area contributed by atoms with Crippen LogP contribution < -0.4 is 0 Å². The van der Waals surface area contributed by atoms with Crippen LogP contribution in [0.3, 0.4) is 0 Å². The van der Waals surface area contributed by atoms with Crippen LogP contribution in [0.5, 0.6) is 0 Å². The largest absolute Gasteiger partial charge is 0.275 e. The molecule has 13 heavy (non-hydrogen) atoms. The summed E-state index contributed by atoms with van der Waals surface area (Å²) >= 11 is 0. The molecule has 1 aliphatic carbocycles. The third-order valence-electron chi connectivity index (χ3n) is 2.89. The second kappa shape index (κ2) is 3.32. The second-order valence-corrected chi connectivity index (χ2v) is 3.75. The van der Waals surface area contributed by atoms with Crippen molar-refractivity contribution in [2.75, 3.05) is 6.54 Å². The molecule has 0 atom stereocenters. The Bertz CT molecular complexity index is 248. The van der Waals surface area contributed by atoms with Crippen molar-refractivity contribution < 1.29 is 9.59 Å². The number of rotatable bonds is 3. The third-order valence-corrected chi connectivity index (χ3v) is 2.89. The number of hydrogen-bond donors (Lipinski definition) is 0. The molecule has 1 saturated carbocycles. The maximum Gasteiger partial charge on any atom is 0.253 e. The van der Waals surface area contributed by atoms with Crippen LogP contribution in [0, 0.1) is 5.92 Å². The second-order valence-electron chi connectivity index (χ2n) is 3.75. The average Bonchev–Trinajstić information content (AvgIpc) is 2.32. The van der Waals surface area contributed by atoms with Crippen LogP contribution in [0.1, 0.15) is 25.7 Å². The van der Waals surface area contributed by atoms with Gasteiger partial charge in [0.15, 0.2) is 0 Å². The Kier molecular flexibility index (Phi) is 2.17. The SMILES string of the molecule is O=C1C=CC(=O)N1CCC1CCC1. The normalized spacial score (nSPS) is 22.6. The van der Waals surface area contributed by atoms with E-state index in [4.69, 9.17) is 0 Å². The van der Waals surface area contributed by atoms with Gasteiger partial charge in [-0.3, -0.25) is 14.5 Å². The molecule has 0 saturated heterocycles. The lowest BCUT2D eigenvalue weighted by molar-refractivity contribution is -0.137. The lowest BCUT2D eigenvalue weighted by Gasteiger charge is -2.26. The molecule has 3 nitrogen and oxygen atoms in total. The summed E-state index contributed by atoms with van der Waals surface area (Å²) < 4.78 is 0. The van der Waals surface area contributed by atoms with Gasteiger partial charge in [-0.05, 0) is 12.3 Å². The Morgan fingerprint density at radius 2 is 1.85 bits per heavy atom. The van der Waals surface area contributed by atoms with Crippen molar-refractivity contribution in [3.63, 3.8) is 0 Å². The first-order valence-electron chi connectivity index (χ1n) is 4.81. The zero-order chi connectivity index (χ0) is 9.26. The highest BCUT2D eigenvalue weighted by molar-refractivity contribution is 6.12. The van der Waals surface area contributed by atoms with Crippen LogP contribution in [-0.2, 0) is 9.59 Å². The van der Waals surface area contributed by atoms with Crippen molar-refractivity contribution in [3.05, 3.63) is 12.2 Å². The summed E-state index contributed by atoms with van der Waals surface area (Å²) in [6.07, 6.45) is 7.53. The summed E-state index contributed by atoms with van der Waals surface area (Å²) in [6.45, 7) is 0.606. The zero-order valence-corrected chi connectivity index (χ0v) is 7.53. The molecular weight excluding hydrogens is 166 g/mol. The number of carbonyl (C=O) groups excluding carboxylic acids is 2. The predicted octanol–water partition coefficient (Wildman–Crippen LogP) is 1.10. The third kappa shape index (κ3) is 1.64. The Hall–Kier alpha value is -1.12. The minimum Gasteiger partial charge on any atom is -0.275 e. The quantitative estimate of drug-likeness (QED) is 0.608. The standard InChI is InChI=1S/C10H13NO2/c12-9-4-5-10(13)11(9)7-6-8-2-1-3-8/h4-5,8H,1-3,6-7H2. The molecule has 0 aromatic rings. The summed E-state index contributed by atoms with van der Waals surface area (Å²) in [7, 11) is 0. The van der Waals surface area contributed by atoms with E-state index in [1.54, 1.807) is 0 Å². The molecule has 0 radical (unpaired) electrons. The van der Waals surface area contributed by atoms with Gasteiger partial charge in [0, 0.05) is 18.7 Å². The van der Waals surface area contributed by atoms with E-state index in [1.807, 2.05) is 0 Å². The maximum atomic E-state index is 11.1. The van der Waals surface area contributed by atoms with Crippen molar-refractivity contribution in [2.45, 2.75) is 25.7 Å². The average molecular weight is 179 g/mol. The fourth-order valence-electron chi connectivity index (χ4n) is 1.74. The number of hydrogen-bond acceptors (Lipinski definition) is 2. The Balaban J connectivity index is 1.80. The molecule has 2 aliphatic rings. The smallest absolute Gasteiger partial charge is 0.253 e. The molecule has 1 fully saturated rings. The highest BCUT2D eigenvalue weighted by Crippen LogP contribution is 2.29. The van der Waals surface area contributed by atoms with Gasteiger partial charge >= 0.3 is 0 Å².